The number of aromatic amines is 1. The van der Waals surface area contributed by atoms with Gasteiger partial charge in [0.15, 0.2) is 0 Å². The third-order valence-corrected chi connectivity index (χ3v) is 4.00. The first-order chi connectivity index (χ1) is 12.1. The van der Waals surface area contributed by atoms with Crippen LogP contribution in [0.25, 0.3) is 11.1 Å². The van der Waals surface area contributed by atoms with Gasteiger partial charge in [-0.3, -0.25) is 4.79 Å². The molecule has 2 aromatic carbocycles. The average Bonchev–Trinajstić information content (AvgIpc) is 2.61. The molecule has 0 saturated heterocycles. The van der Waals surface area contributed by atoms with Crippen molar-refractivity contribution in [2.75, 3.05) is 0 Å². The Hall–Kier alpha value is -3.03. The molecule has 0 amide bonds. The minimum atomic E-state index is -0.384. The Labute approximate surface area is 150 Å². The van der Waals surface area contributed by atoms with Gasteiger partial charge in [0.25, 0.3) is 5.56 Å². The smallest absolute Gasteiger partial charge is 0.266 e. The Morgan fingerprint density at radius 1 is 1.16 bits per heavy atom. The summed E-state index contributed by atoms with van der Waals surface area (Å²) in [7, 11) is 0. The molecule has 1 aromatic heterocycles. The minimum Gasteiger partial charge on any atom is -0.489 e. The van der Waals surface area contributed by atoms with Gasteiger partial charge in [-0.1, -0.05) is 35.9 Å². The Balaban J connectivity index is 1.89. The van der Waals surface area contributed by atoms with E-state index < -0.39 is 0 Å². The van der Waals surface area contributed by atoms with Gasteiger partial charge in [0.1, 0.15) is 24.0 Å². The summed E-state index contributed by atoms with van der Waals surface area (Å²) in [6.07, 6.45) is 0. The van der Waals surface area contributed by atoms with Crippen molar-refractivity contribution in [1.82, 2.24) is 4.98 Å². The molecule has 124 valence electrons. The van der Waals surface area contributed by atoms with E-state index >= 15 is 0 Å². The first-order valence-electron chi connectivity index (χ1n) is 7.68. The van der Waals surface area contributed by atoms with Gasteiger partial charge in [-0.15, -0.1) is 0 Å². The highest BCUT2D eigenvalue weighted by atomic mass is 35.5. The fourth-order valence-electron chi connectivity index (χ4n) is 2.53. The number of pyridine rings is 1. The molecule has 0 aliphatic rings. The summed E-state index contributed by atoms with van der Waals surface area (Å²) in [5, 5.41) is 9.96. The molecule has 1 heterocycles. The van der Waals surface area contributed by atoms with E-state index in [0.29, 0.717) is 28.6 Å². The molecule has 0 aliphatic heterocycles. The van der Waals surface area contributed by atoms with E-state index in [-0.39, 0.29) is 11.1 Å². The average molecular weight is 351 g/mol. The first kappa shape index (κ1) is 16.8. The Kier molecular flexibility index (Phi) is 4.87. The van der Waals surface area contributed by atoms with E-state index in [1.807, 2.05) is 54.6 Å². The summed E-state index contributed by atoms with van der Waals surface area (Å²) >= 11 is 5.88. The molecule has 0 fully saturated rings. The zero-order valence-corrected chi connectivity index (χ0v) is 14.3. The molecule has 0 atom stereocenters. The zero-order chi connectivity index (χ0) is 17.8. The van der Waals surface area contributed by atoms with Crippen LogP contribution < -0.4 is 10.3 Å². The number of nitrogens with zero attached hydrogens (tertiary/aromatic N) is 1. The van der Waals surface area contributed by atoms with Crippen LogP contribution >= 0.6 is 11.6 Å². The summed E-state index contributed by atoms with van der Waals surface area (Å²) in [6.45, 7) is 2.19. The lowest BCUT2D eigenvalue weighted by molar-refractivity contribution is 0.306. The SMILES string of the molecule is Cc1cc(-c2cccc(OCc3ccc(Cl)cc3)c2)c(C#N)c(=O)[nH]1. The van der Waals surface area contributed by atoms with Gasteiger partial charge in [0.05, 0.1) is 0 Å². The number of aromatic nitrogens is 1. The zero-order valence-electron chi connectivity index (χ0n) is 13.5. The van der Waals surface area contributed by atoms with Crippen LogP contribution in [0.5, 0.6) is 5.75 Å². The highest BCUT2D eigenvalue weighted by Gasteiger charge is 2.11. The topological polar surface area (TPSA) is 65.9 Å². The van der Waals surface area contributed by atoms with Crippen LogP contribution in [-0.4, -0.2) is 4.98 Å². The molecule has 0 spiro atoms. The van der Waals surface area contributed by atoms with Crippen molar-refractivity contribution in [2.24, 2.45) is 0 Å². The van der Waals surface area contributed by atoms with Gasteiger partial charge in [-0.25, -0.2) is 0 Å². The minimum absolute atomic E-state index is 0.0976. The lowest BCUT2D eigenvalue weighted by Gasteiger charge is -2.10. The standard InChI is InChI=1S/C20H15ClN2O2/c1-13-9-18(19(11-22)20(24)23-13)15-3-2-4-17(10-15)25-12-14-5-7-16(21)8-6-14/h2-10H,12H2,1H3,(H,23,24). The maximum absolute atomic E-state index is 12.0. The van der Waals surface area contributed by atoms with Crippen molar-refractivity contribution in [2.45, 2.75) is 13.5 Å². The van der Waals surface area contributed by atoms with Crippen LogP contribution in [0.15, 0.2) is 59.4 Å². The van der Waals surface area contributed by atoms with Crippen LogP contribution in [0.1, 0.15) is 16.8 Å². The van der Waals surface area contributed by atoms with Crippen LogP contribution in [0.4, 0.5) is 0 Å². The molecule has 0 radical (unpaired) electrons. The number of nitriles is 1. The third-order valence-electron chi connectivity index (χ3n) is 3.74. The van der Waals surface area contributed by atoms with Gasteiger partial charge >= 0.3 is 0 Å². The van der Waals surface area contributed by atoms with Gasteiger partial charge in [-0.2, -0.15) is 5.26 Å². The van der Waals surface area contributed by atoms with Crippen molar-refractivity contribution in [1.29, 1.82) is 5.26 Å². The molecule has 0 aliphatic carbocycles. The van der Waals surface area contributed by atoms with Gasteiger partial charge in [0, 0.05) is 16.3 Å². The van der Waals surface area contributed by atoms with E-state index in [0.717, 1.165) is 11.1 Å². The van der Waals surface area contributed by atoms with Crippen LogP contribution in [0, 0.1) is 18.3 Å². The maximum atomic E-state index is 12.0. The molecule has 0 bridgehead atoms. The summed E-state index contributed by atoms with van der Waals surface area (Å²) in [6, 6.07) is 18.6. The van der Waals surface area contributed by atoms with Crippen molar-refractivity contribution in [3.05, 3.63) is 86.8 Å². The monoisotopic (exact) mass is 350 g/mol. The maximum Gasteiger partial charge on any atom is 0.266 e. The summed E-state index contributed by atoms with van der Waals surface area (Å²) in [5.74, 6) is 0.661. The summed E-state index contributed by atoms with van der Waals surface area (Å²) in [5.41, 5.74) is 2.77. The quantitative estimate of drug-likeness (QED) is 0.755. The van der Waals surface area contributed by atoms with Crippen molar-refractivity contribution in [3.8, 4) is 22.9 Å². The summed E-state index contributed by atoms with van der Waals surface area (Å²) in [4.78, 5) is 14.6. The van der Waals surface area contributed by atoms with E-state index in [1.165, 1.54) is 0 Å². The van der Waals surface area contributed by atoms with Gasteiger partial charge in [0.2, 0.25) is 0 Å². The van der Waals surface area contributed by atoms with E-state index in [4.69, 9.17) is 16.3 Å². The van der Waals surface area contributed by atoms with Crippen LogP contribution in [-0.2, 0) is 6.61 Å². The molecule has 3 rings (SSSR count). The fourth-order valence-corrected chi connectivity index (χ4v) is 2.65. The number of hydrogen-bond acceptors (Lipinski definition) is 3. The highest BCUT2D eigenvalue weighted by Crippen LogP contribution is 2.26. The Morgan fingerprint density at radius 3 is 2.64 bits per heavy atom. The highest BCUT2D eigenvalue weighted by molar-refractivity contribution is 6.30. The molecule has 25 heavy (non-hydrogen) atoms. The number of ether oxygens (including phenoxy) is 1. The molecule has 1 N–H and O–H groups in total. The lowest BCUT2D eigenvalue weighted by atomic mass is 10.0. The molecular weight excluding hydrogens is 336 g/mol. The predicted molar refractivity (Wildman–Crippen MR) is 97.7 cm³/mol. The van der Waals surface area contributed by atoms with Gasteiger partial charge < -0.3 is 9.72 Å². The molecular formula is C20H15ClN2O2. The fraction of sp³-hybridized carbons (Fsp3) is 0.100. The predicted octanol–water partition coefficient (Wildman–Crippen LogP) is 4.45. The van der Waals surface area contributed by atoms with Crippen LogP contribution in [0.2, 0.25) is 5.02 Å². The van der Waals surface area contributed by atoms with E-state index in [2.05, 4.69) is 4.98 Å². The molecule has 5 heteroatoms. The largest absolute Gasteiger partial charge is 0.489 e. The number of aryl methyl sites for hydroxylation is 1. The third kappa shape index (κ3) is 3.90. The van der Waals surface area contributed by atoms with Crippen molar-refractivity contribution >= 4 is 11.6 Å². The number of halogens is 1. The number of nitrogens with one attached hydrogen (secondary N) is 1. The van der Waals surface area contributed by atoms with Crippen molar-refractivity contribution in [3.63, 3.8) is 0 Å². The number of H-pyrrole nitrogens is 1. The number of hydrogen-bond donors (Lipinski definition) is 1. The van der Waals surface area contributed by atoms with E-state index in [1.54, 1.807) is 13.0 Å². The molecule has 4 nitrogen and oxygen atoms in total. The molecule has 0 unspecified atom stereocenters. The Bertz CT molecular complexity index is 1000. The van der Waals surface area contributed by atoms with Crippen LogP contribution in [0.3, 0.4) is 0 Å². The second-order valence-corrected chi connectivity index (χ2v) is 6.06. The first-order valence-corrected chi connectivity index (χ1v) is 8.06. The molecule has 3 aromatic rings. The Morgan fingerprint density at radius 2 is 1.92 bits per heavy atom. The number of rotatable bonds is 4. The van der Waals surface area contributed by atoms with Gasteiger partial charge in [-0.05, 0) is 48.4 Å². The normalized spacial score (nSPS) is 10.3. The van der Waals surface area contributed by atoms with Crippen molar-refractivity contribution < 1.29 is 4.74 Å². The summed E-state index contributed by atoms with van der Waals surface area (Å²) < 4.78 is 5.82. The second kappa shape index (κ2) is 7.25. The lowest BCUT2D eigenvalue weighted by Crippen LogP contribution is -2.12. The van der Waals surface area contributed by atoms with E-state index in [9.17, 15) is 10.1 Å². The number of benzene rings is 2. The second-order valence-electron chi connectivity index (χ2n) is 5.62. The molecule has 0 saturated carbocycles.